The van der Waals surface area contributed by atoms with Crippen LogP contribution < -0.4 is 0 Å². The van der Waals surface area contributed by atoms with Crippen LogP contribution in [0.25, 0.3) is 0 Å². The number of benzene rings is 1. The molecule has 0 atom stereocenters. The van der Waals surface area contributed by atoms with Gasteiger partial charge in [0.15, 0.2) is 0 Å². The number of halogens is 5. The van der Waals surface area contributed by atoms with E-state index >= 15 is 0 Å². The standard InChI is InChI=1S/C11H11F5/c12-10(13)3-1-2-8-4-6-9(7-5-8)11(14,15)16/h4-7,10H,1-3H2. The van der Waals surface area contributed by atoms with Gasteiger partial charge in [-0.05, 0) is 30.5 Å². The van der Waals surface area contributed by atoms with Gasteiger partial charge in [0.2, 0.25) is 6.43 Å². The van der Waals surface area contributed by atoms with Gasteiger partial charge in [-0.2, -0.15) is 13.2 Å². The third-order valence-electron chi connectivity index (χ3n) is 2.17. The Morgan fingerprint density at radius 1 is 1.00 bits per heavy atom. The summed E-state index contributed by atoms with van der Waals surface area (Å²) >= 11 is 0. The van der Waals surface area contributed by atoms with Gasteiger partial charge in [0.25, 0.3) is 0 Å². The van der Waals surface area contributed by atoms with Crippen LogP contribution in [0.2, 0.25) is 0 Å². The molecule has 0 nitrogen and oxygen atoms in total. The van der Waals surface area contributed by atoms with Crippen LogP contribution >= 0.6 is 0 Å². The molecule has 0 fully saturated rings. The summed E-state index contributed by atoms with van der Waals surface area (Å²) in [5.74, 6) is 0. The Bertz CT molecular complexity index is 312. The predicted molar refractivity (Wildman–Crippen MR) is 50.4 cm³/mol. The van der Waals surface area contributed by atoms with Gasteiger partial charge >= 0.3 is 6.18 Å². The summed E-state index contributed by atoms with van der Waals surface area (Å²) in [5.41, 5.74) is -0.0706. The zero-order valence-corrected chi connectivity index (χ0v) is 8.40. The van der Waals surface area contributed by atoms with Crippen LogP contribution in [0, 0.1) is 0 Å². The van der Waals surface area contributed by atoms with E-state index in [4.69, 9.17) is 0 Å². The molecule has 16 heavy (non-hydrogen) atoms. The van der Waals surface area contributed by atoms with Crippen molar-refractivity contribution in [2.75, 3.05) is 0 Å². The normalized spacial score (nSPS) is 12.1. The third kappa shape index (κ3) is 4.16. The molecule has 0 bridgehead atoms. The topological polar surface area (TPSA) is 0 Å². The Hall–Kier alpha value is -1.13. The van der Waals surface area contributed by atoms with Crippen molar-refractivity contribution in [2.24, 2.45) is 0 Å². The quantitative estimate of drug-likeness (QED) is 0.686. The molecule has 1 aromatic carbocycles. The van der Waals surface area contributed by atoms with Crippen molar-refractivity contribution in [3.63, 3.8) is 0 Å². The number of hydrogen-bond acceptors (Lipinski definition) is 0. The second-order valence-corrected chi connectivity index (χ2v) is 3.48. The lowest BCUT2D eigenvalue weighted by atomic mass is 10.1. The number of hydrogen-bond donors (Lipinski definition) is 0. The smallest absolute Gasteiger partial charge is 0.211 e. The Labute approximate surface area is 90.1 Å². The average Bonchev–Trinajstić information content (AvgIpc) is 2.16. The molecule has 0 N–H and O–H groups in total. The van der Waals surface area contributed by atoms with Crippen LogP contribution in [0.1, 0.15) is 24.0 Å². The lowest BCUT2D eigenvalue weighted by molar-refractivity contribution is -0.137. The minimum Gasteiger partial charge on any atom is -0.211 e. The first-order valence-electron chi connectivity index (χ1n) is 4.84. The van der Waals surface area contributed by atoms with Crippen molar-refractivity contribution in [3.8, 4) is 0 Å². The molecule has 1 rings (SSSR count). The van der Waals surface area contributed by atoms with Gasteiger partial charge in [0.05, 0.1) is 5.56 Å². The molecule has 0 spiro atoms. The van der Waals surface area contributed by atoms with E-state index in [1.54, 1.807) is 0 Å². The summed E-state index contributed by atoms with van der Waals surface area (Å²) in [4.78, 5) is 0. The molecule has 0 aromatic heterocycles. The number of rotatable bonds is 4. The molecule has 0 heterocycles. The Morgan fingerprint density at radius 2 is 1.56 bits per heavy atom. The van der Waals surface area contributed by atoms with Crippen molar-refractivity contribution < 1.29 is 22.0 Å². The summed E-state index contributed by atoms with van der Waals surface area (Å²) < 4.78 is 60.2. The van der Waals surface area contributed by atoms with Crippen LogP contribution in [0.3, 0.4) is 0 Å². The highest BCUT2D eigenvalue weighted by Gasteiger charge is 2.29. The van der Waals surface area contributed by atoms with Crippen LogP contribution in [0.15, 0.2) is 24.3 Å². The third-order valence-corrected chi connectivity index (χ3v) is 2.17. The highest BCUT2D eigenvalue weighted by molar-refractivity contribution is 5.24. The average molecular weight is 238 g/mol. The molecule has 90 valence electrons. The monoisotopic (exact) mass is 238 g/mol. The van der Waals surface area contributed by atoms with Gasteiger partial charge in [-0.25, -0.2) is 8.78 Å². The molecule has 0 saturated carbocycles. The van der Waals surface area contributed by atoms with E-state index in [0.29, 0.717) is 12.0 Å². The molecule has 0 unspecified atom stereocenters. The van der Waals surface area contributed by atoms with Crippen LogP contribution in [0.4, 0.5) is 22.0 Å². The summed E-state index contributed by atoms with van der Waals surface area (Å²) in [5, 5.41) is 0. The number of alkyl halides is 5. The van der Waals surface area contributed by atoms with Crippen molar-refractivity contribution in [1.82, 2.24) is 0 Å². The zero-order valence-electron chi connectivity index (χ0n) is 8.40. The summed E-state index contributed by atoms with van der Waals surface area (Å²) in [6.45, 7) is 0. The predicted octanol–water partition coefficient (Wildman–Crippen LogP) is 4.29. The van der Waals surface area contributed by atoms with E-state index in [2.05, 4.69) is 0 Å². The van der Waals surface area contributed by atoms with Gasteiger partial charge in [-0.15, -0.1) is 0 Å². The van der Waals surface area contributed by atoms with E-state index in [0.717, 1.165) is 12.1 Å². The minimum atomic E-state index is -4.35. The fourth-order valence-electron chi connectivity index (χ4n) is 1.32. The first-order valence-corrected chi connectivity index (χ1v) is 4.84. The Balaban J connectivity index is 2.52. The molecular formula is C11H11F5. The van der Waals surface area contributed by atoms with Crippen molar-refractivity contribution >= 4 is 0 Å². The summed E-state index contributed by atoms with van der Waals surface area (Å²) in [7, 11) is 0. The molecule has 5 heteroatoms. The first-order chi connectivity index (χ1) is 7.39. The van der Waals surface area contributed by atoms with Crippen molar-refractivity contribution in [1.29, 1.82) is 0 Å². The van der Waals surface area contributed by atoms with E-state index in [-0.39, 0.29) is 12.8 Å². The number of aryl methyl sites for hydroxylation is 1. The molecule has 0 radical (unpaired) electrons. The van der Waals surface area contributed by atoms with Gasteiger partial charge < -0.3 is 0 Å². The highest BCUT2D eigenvalue weighted by Crippen LogP contribution is 2.29. The van der Waals surface area contributed by atoms with Gasteiger partial charge in [0, 0.05) is 6.42 Å². The first kappa shape index (κ1) is 12.9. The van der Waals surface area contributed by atoms with E-state index < -0.39 is 18.2 Å². The maximum Gasteiger partial charge on any atom is 0.416 e. The lowest BCUT2D eigenvalue weighted by Crippen LogP contribution is -2.04. The highest BCUT2D eigenvalue weighted by atomic mass is 19.4. The Morgan fingerprint density at radius 3 is 2.00 bits per heavy atom. The van der Waals surface area contributed by atoms with Gasteiger partial charge in [-0.1, -0.05) is 12.1 Å². The van der Waals surface area contributed by atoms with E-state index in [1.165, 1.54) is 12.1 Å². The minimum absolute atomic E-state index is 0.221. The SMILES string of the molecule is FC(F)CCCc1ccc(C(F)(F)F)cc1. The molecule has 0 amide bonds. The van der Waals surface area contributed by atoms with Gasteiger partial charge in [0.1, 0.15) is 0 Å². The van der Waals surface area contributed by atoms with Gasteiger partial charge in [-0.3, -0.25) is 0 Å². The summed E-state index contributed by atoms with van der Waals surface area (Å²) in [6, 6.07) is 4.60. The van der Waals surface area contributed by atoms with Crippen molar-refractivity contribution in [2.45, 2.75) is 31.9 Å². The van der Waals surface area contributed by atoms with Crippen LogP contribution in [-0.2, 0) is 12.6 Å². The van der Waals surface area contributed by atoms with E-state index in [1.807, 2.05) is 0 Å². The molecule has 1 aromatic rings. The Kier molecular flexibility index (Phi) is 4.26. The van der Waals surface area contributed by atoms with Crippen molar-refractivity contribution in [3.05, 3.63) is 35.4 Å². The molecular weight excluding hydrogens is 227 g/mol. The largest absolute Gasteiger partial charge is 0.416 e. The second kappa shape index (κ2) is 5.27. The molecule has 0 aliphatic heterocycles. The fraction of sp³-hybridized carbons (Fsp3) is 0.455. The fourth-order valence-corrected chi connectivity index (χ4v) is 1.32. The molecule has 0 aliphatic rings. The zero-order chi connectivity index (χ0) is 12.2. The van der Waals surface area contributed by atoms with Crippen LogP contribution in [-0.4, -0.2) is 6.43 Å². The second-order valence-electron chi connectivity index (χ2n) is 3.48. The molecule has 0 aliphatic carbocycles. The van der Waals surface area contributed by atoms with Crippen LogP contribution in [0.5, 0.6) is 0 Å². The summed E-state index contributed by atoms with van der Waals surface area (Å²) in [6.07, 6.45) is -6.26. The molecule has 0 saturated heterocycles. The lowest BCUT2D eigenvalue weighted by Gasteiger charge is -2.07. The maximum absolute atomic E-state index is 12.2. The maximum atomic E-state index is 12.2. The van der Waals surface area contributed by atoms with E-state index in [9.17, 15) is 22.0 Å².